The largest absolute Gasteiger partial charge is 0.480 e. The summed E-state index contributed by atoms with van der Waals surface area (Å²) in [5, 5.41) is 25.0. The zero-order valence-electron chi connectivity index (χ0n) is 23.1. The van der Waals surface area contributed by atoms with Gasteiger partial charge >= 0.3 is 18.2 Å². The molecule has 224 valence electrons. The summed E-state index contributed by atoms with van der Waals surface area (Å²) in [6.07, 6.45) is 0.809. The van der Waals surface area contributed by atoms with E-state index >= 15 is 0 Å². The summed E-state index contributed by atoms with van der Waals surface area (Å²) in [6.45, 7) is 2.52. The predicted octanol–water partition coefficient (Wildman–Crippen LogP) is 1.26. The Kier molecular flexibility index (Phi) is 11.7. The maximum Gasteiger partial charge on any atom is 0.413 e. The van der Waals surface area contributed by atoms with Crippen LogP contribution in [0, 0.1) is 11.3 Å². The van der Waals surface area contributed by atoms with E-state index < -0.39 is 49.0 Å². The van der Waals surface area contributed by atoms with Crippen molar-refractivity contribution in [3.05, 3.63) is 35.9 Å². The second-order valence-corrected chi connectivity index (χ2v) is 10.0. The van der Waals surface area contributed by atoms with Gasteiger partial charge in [0.15, 0.2) is 0 Å². The van der Waals surface area contributed by atoms with Crippen LogP contribution < -0.4 is 16.0 Å². The number of hydrogen-bond donors (Lipinski definition) is 5. The SMILES string of the molecule is CCOC(=O)NC(=N)N1CCC[C@@H](CNC(=O)C[C@H](NC(=O)OCc2ccccc2)C(=O)N(CC(=O)O)C2CC2)C1. The van der Waals surface area contributed by atoms with Crippen LogP contribution in [0.1, 0.15) is 44.6 Å². The second kappa shape index (κ2) is 15.4. The molecule has 0 bridgehead atoms. The van der Waals surface area contributed by atoms with Gasteiger partial charge in [0, 0.05) is 25.7 Å². The Balaban J connectivity index is 1.57. The normalized spacial score (nSPS) is 17.0. The molecule has 1 saturated carbocycles. The smallest absolute Gasteiger partial charge is 0.413 e. The number of ether oxygens (including phenoxy) is 2. The van der Waals surface area contributed by atoms with Crippen molar-refractivity contribution < 1.29 is 38.6 Å². The van der Waals surface area contributed by atoms with E-state index in [0.717, 1.165) is 18.4 Å². The minimum Gasteiger partial charge on any atom is -0.480 e. The summed E-state index contributed by atoms with van der Waals surface area (Å²) in [5.74, 6) is -2.46. The van der Waals surface area contributed by atoms with Gasteiger partial charge in [0.2, 0.25) is 17.8 Å². The first-order chi connectivity index (χ1) is 19.7. The molecular formula is C27H38N6O8. The van der Waals surface area contributed by atoms with E-state index in [1.165, 1.54) is 4.90 Å². The highest BCUT2D eigenvalue weighted by molar-refractivity contribution is 5.93. The maximum absolute atomic E-state index is 13.3. The number of carboxylic acid groups (broad SMARTS) is 1. The molecule has 1 aromatic rings. The predicted molar refractivity (Wildman–Crippen MR) is 146 cm³/mol. The number of guanidine groups is 1. The molecule has 14 heteroatoms. The molecule has 5 N–H and O–H groups in total. The standard InChI is InChI=1S/C27H38N6O8/c1-2-40-27(39)31-25(28)32-12-6-9-19(15-32)14-29-22(34)13-21(24(37)33(16-23(35)36)20-10-11-20)30-26(38)41-17-18-7-4-3-5-8-18/h3-5,7-8,19-21H,2,6,9-17H2,1H3,(H,29,34)(H,30,38)(H,35,36)(H2,28,31,39)/t19-,21-/m0/s1. The quantitative estimate of drug-likeness (QED) is 0.181. The highest BCUT2D eigenvalue weighted by Gasteiger charge is 2.38. The summed E-state index contributed by atoms with van der Waals surface area (Å²) in [5.41, 5.74) is 0.737. The summed E-state index contributed by atoms with van der Waals surface area (Å²) in [6, 6.07) is 7.37. The molecule has 2 aliphatic rings. The molecule has 0 spiro atoms. The summed E-state index contributed by atoms with van der Waals surface area (Å²) in [7, 11) is 0. The summed E-state index contributed by atoms with van der Waals surface area (Å²) in [4.78, 5) is 64.6. The number of benzene rings is 1. The van der Waals surface area contributed by atoms with Gasteiger partial charge < -0.3 is 35.0 Å². The molecule has 1 aromatic carbocycles. The zero-order valence-corrected chi connectivity index (χ0v) is 23.1. The van der Waals surface area contributed by atoms with Crippen LogP contribution in [0.2, 0.25) is 0 Å². The number of nitrogens with one attached hydrogen (secondary N) is 4. The van der Waals surface area contributed by atoms with Crippen molar-refractivity contribution in [1.82, 2.24) is 25.8 Å². The van der Waals surface area contributed by atoms with Gasteiger partial charge in [-0.1, -0.05) is 30.3 Å². The Labute approximate surface area is 238 Å². The molecule has 1 aliphatic carbocycles. The number of piperidine rings is 1. The summed E-state index contributed by atoms with van der Waals surface area (Å²) < 4.78 is 10.0. The third kappa shape index (κ3) is 10.6. The molecule has 0 aromatic heterocycles. The fourth-order valence-corrected chi connectivity index (χ4v) is 4.52. The molecule has 2 atom stereocenters. The van der Waals surface area contributed by atoms with E-state index in [1.807, 2.05) is 6.07 Å². The van der Waals surface area contributed by atoms with Crippen molar-refractivity contribution >= 4 is 35.9 Å². The number of carboxylic acids is 1. The molecular weight excluding hydrogens is 536 g/mol. The van der Waals surface area contributed by atoms with Crippen molar-refractivity contribution in [2.45, 2.75) is 57.7 Å². The van der Waals surface area contributed by atoms with Gasteiger partial charge in [-0.2, -0.15) is 0 Å². The van der Waals surface area contributed by atoms with Gasteiger partial charge in [0.25, 0.3) is 0 Å². The van der Waals surface area contributed by atoms with E-state index in [-0.39, 0.29) is 37.7 Å². The Bertz CT molecular complexity index is 1100. The number of rotatable bonds is 12. The van der Waals surface area contributed by atoms with Crippen molar-refractivity contribution in [2.75, 3.05) is 32.8 Å². The van der Waals surface area contributed by atoms with Gasteiger partial charge in [-0.15, -0.1) is 0 Å². The minimum absolute atomic E-state index is 0.0232. The Morgan fingerprint density at radius 3 is 2.49 bits per heavy atom. The average molecular weight is 575 g/mol. The van der Waals surface area contributed by atoms with E-state index in [0.29, 0.717) is 25.9 Å². The van der Waals surface area contributed by atoms with Crippen LogP contribution in [-0.2, 0) is 30.5 Å². The lowest BCUT2D eigenvalue weighted by Gasteiger charge is -2.34. The van der Waals surface area contributed by atoms with Crippen LogP contribution in [-0.4, -0.2) is 95.7 Å². The Morgan fingerprint density at radius 1 is 1.10 bits per heavy atom. The Hall–Kier alpha value is -4.36. The lowest BCUT2D eigenvalue weighted by atomic mass is 9.98. The van der Waals surface area contributed by atoms with Gasteiger partial charge in [0.05, 0.1) is 13.0 Å². The van der Waals surface area contributed by atoms with Crippen molar-refractivity contribution in [1.29, 1.82) is 5.41 Å². The van der Waals surface area contributed by atoms with Crippen LogP contribution in [0.3, 0.4) is 0 Å². The number of hydrogen-bond acceptors (Lipinski definition) is 8. The molecule has 14 nitrogen and oxygen atoms in total. The Morgan fingerprint density at radius 2 is 1.83 bits per heavy atom. The van der Waals surface area contributed by atoms with E-state index in [2.05, 4.69) is 16.0 Å². The van der Waals surface area contributed by atoms with Crippen molar-refractivity contribution in [3.8, 4) is 0 Å². The van der Waals surface area contributed by atoms with Gasteiger partial charge in [-0.25, -0.2) is 9.59 Å². The molecule has 3 rings (SSSR count). The van der Waals surface area contributed by atoms with E-state index in [9.17, 15) is 29.1 Å². The maximum atomic E-state index is 13.3. The first-order valence-corrected chi connectivity index (χ1v) is 13.7. The lowest BCUT2D eigenvalue weighted by molar-refractivity contribution is -0.146. The van der Waals surface area contributed by atoms with Gasteiger partial charge in [0.1, 0.15) is 19.2 Å². The minimum atomic E-state index is -1.32. The van der Waals surface area contributed by atoms with Crippen LogP contribution >= 0.6 is 0 Å². The molecule has 1 heterocycles. The monoisotopic (exact) mass is 574 g/mol. The molecule has 1 saturated heterocycles. The number of amides is 4. The highest BCUT2D eigenvalue weighted by atomic mass is 16.6. The van der Waals surface area contributed by atoms with Gasteiger partial charge in [-0.3, -0.25) is 25.1 Å². The first kappa shape index (κ1) is 31.2. The van der Waals surface area contributed by atoms with Crippen LogP contribution in [0.25, 0.3) is 0 Å². The van der Waals surface area contributed by atoms with E-state index in [4.69, 9.17) is 14.9 Å². The number of likely N-dealkylation sites (tertiary alicyclic amines) is 1. The van der Waals surface area contributed by atoms with Gasteiger partial charge in [-0.05, 0) is 44.1 Å². The molecule has 2 fully saturated rings. The van der Waals surface area contributed by atoms with Crippen molar-refractivity contribution in [2.24, 2.45) is 5.92 Å². The number of aliphatic carboxylic acids is 1. The molecule has 1 aliphatic heterocycles. The second-order valence-electron chi connectivity index (χ2n) is 10.0. The molecule has 0 unspecified atom stereocenters. The highest BCUT2D eigenvalue weighted by Crippen LogP contribution is 2.27. The van der Waals surface area contributed by atoms with Crippen LogP contribution in [0.15, 0.2) is 30.3 Å². The molecule has 4 amide bonds. The molecule has 41 heavy (non-hydrogen) atoms. The zero-order chi connectivity index (χ0) is 29.8. The van der Waals surface area contributed by atoms with Crippen LogP contribution in [0.4, 0.5) is 9.59 Å². The summed E-state index contributed by atoms with van der Waals surface area (Å²) >= 11 is 0. The fraction of sp³-hybridized carbons (Fsp3) is 0.556. The lowest BCUT2D eigenvalue weighted by Crippen LogP contribution is -2.53. The molecule has 0 radical (unpaired) electrons. The van der Waals surface area contributed by atoms with Crippen molar-refractivity contribution in [3.63, 3.8) is 0 Å². The van der Waals surface area contributed by atoms with E-state index in [1.54, 1.807) is 36.1 Å². The number of carbonyl (C=O) groups excluding carboxylic acids is 4. The fourth-order valence-electron chi connectivity index (χ4n) is 4.52. The first-order valence-electron chi connectivity index (χ1n) is 13.7. The van der Waals surface area contributed by atoms with Crippen LogP contribution in [0.5, 0.6) is 0 Å². The topological polar surface area (TPSA) is 190 Å². The number of carbonyl (C=O) groups is 5. The third-order valence-electron chi connectivity index (χ3n) is 6.69. The average Bonchev–Trinajstić information content (AvgIpc) is 3.79. The third-order valence-corrected chi connectivity index (χ3v) is 6.69. The number of alkyl carbamates (subject to hydrolysis) is 2. The number of nitrogens with zero attached hydrogens (tertiary/aromatic N) is 2.